The number of ether oxygens (including phenoxy) is 1. The minimum Gasteiger partial charge on any atom is -0.403 e. The maximum Gasteiger partial charge on any atom is 0.573 e. The van der Waals surface area contributed by atoms with Crippen LogP contribution in [-0.2, 0) is 22.7 Å². The molecule has 330 valence electrons. The summed E-state index contributed by atoms with van der Waals surface area (Å²) in [5.74, 6) is -1.70. The van der Waals surface area contributed by atoms with Gasteiger partial charge in [-0.2, -0.15) is 10.2 Å². The number of benzene rings is 2. The molecule has 0 spiro atoms. The number of piperazine rings is 2. The average molecular weight is 999 g/mol. The zero-order valence-electron chi connectivity index (χ0n) is 34.0. The van der Waals surface area contributed by atoms with E-state index in [9.17, 15) is 32.3 Å². The van der Waals surface area contributed by atoms with Crippen LogP contribution in [0.3, 0.4) is 0 Å². The van der Waals surface area contributed by atoms with Gasteiger partial charge in [0, 0.05) is 87.3 Å². The Balaban J connectivity index is 0.000000191. The Bertz CT molecular complexity index is 2640. The number of carbonyl (C=O) groups excluding carboxylic acids is 4. The monoisotopic (exact) mass is 996 g/mol. The summed E-state index contributed by atoms with van der Waals surface area (Å²) in [6.07, 6.45) is -1.62. The lowest BCUT2D eigenvalue weighted by atomic mass is 10.2. The number of hydrogen-bond acceptors (Lipinski definition) is 11. The van der Waals surface area contributed by atoms with Crippen LogP contribution in [0.1, 0.15) is 21.0 Å². The molecule has 17 nitrogen and oxygen atoms in total. The maximum absolute atomic E-state index is 13.0. The van der Waals surface area contributed by atoms with Crippen LogP contribution in [0.25, 0.3) is 21.8 Å². The zero-order chi connectivity index (χ0) is 44.8. The van der Waals surface area contributed by atoms with Gasteiger partial charge in [0.05, 0.1) is 16.7 Å². The Hall–Kier alpha value is -5.97. The Morgan fingerprint density at radius 3 is 1.65 bits per heavy atom. The average Bonchev–Trinajstić information content (AvgIpc) is 3.82. The first-order valence-corrected chi connectivity index (χ1v) is 21.2. The molecule has 0 radical (unpaired) electrons. The molecule has 6 aromatic rings. The molecule has 2 saturated heterocycles. The number of pyridine rings is 2. The highest BCUT2D eigenvalue weighted by atomic mass is 79.9. The van der Waals surface area contributed by atoms with E-state index in [1.807, 2.05) is 30.3 Å². The second-order valence-corrected chi connectivity index (χ2v) is 16.5. The molecule has 0 unspecified atom stereocenters. The highest BCUT2D eigenvalue weighted by molar-refractivity contribution is 9.10. The first-order chi connectivity index (χ1) is 30.0. The number of halogens is 5. The fourth-order valence-corrected chi connectivity index (χ4v) is 7.45. The molecule has 4 aromatic heterocycles. The summed E-state index contributed by atoms with van der Waals surface area (Å²) in [7, 11) is 4.04. The molecule has 2 aromatic carbocycles. The molecule has 2 fully saturated rings. The standard InChI is InChI=1S/C21H20BrF3N6O3.C20H21BrN6O2/c1-29-5-7-30(8-6-29)19(32)12-31-11-13-9-16(17(10-15(13)28-31)34-21(23,24)25)27-20(33)14-3-2-4-18(22)26-14;1-25-7-9-26(10-8-25)19(28)13-27-12-14-11-15(5-6-16(14)24-27)22-20(29)17-3-2-4-18(21)23-17/h2-4,9-11H,5-8,12H2,1H3,(H,27,33);2-6,11-12H,7-10,13H2,1H3,(H,22,29). The molecule has 4 amide bonds. The predicted octanol–water partition coefficient (Wildman–Crippen LogP) is 5.34. The molecule has 0 saturated carbocycles. The van der Waals surface area contributed by atoms with E-state index >= 15 is 0 Å². The fourth-order valence-electron chi connectivity index (χ4n) is 6.77. The third kappa shape index (κ3) is 12.1. The van der Waals surface area contributed by atoms with Crippen molar-refractivity contribution in [2.75, 3.05) is 77.1 Å². The van der Waals surface area contributed by atoms with Crippen LogP contribution in [0.4, 0.5) is 24.5 Å². The predicted molar refractivity (Wildman–Crippen MR) is 234 cm³/mol. The molecule has 0 bridgehead atoms. The Morgan fingerprint density at radius 2 is 1.14 bits per heavy atom. The van der Waals surface area contributed by atoms with Gasteiger partial charge in [0.1, 0.15) is 33.7 Å². The number of amides is 4. The fraction of sp³-hybridized carbons (Fsp3) is 0.317. The quantitative estimate of drug-likeness (QED) is 0.179. The van der Waals surface area contributed by atoms with Crippen molar-refractivity contribution in [3.63, 3.8) is 0 Å². The van der Waals surface area contributed by atoms with Crippen LogP contribution >= 0.6 is 31.9 Å². The van der Waals surface area contributed by atoms with Gasteiger partial charge in [-0.3, -0.25) is 28.5 Å². The molecule has 8 rings (SSSR count). The van der Waals surface area contributed by atoms with E-state index in [2.05, 4.69) is 84.2 Å². The van der Waals surface area contributed by atoms with Gasteiger partial charge in [-0.15, -0.1) is 13.2 Å². The minimum absolute atomic E-state index is 0.000832. The van der Waals surface area contributed by atoms with Crippen molar-refractivity contribution in [3.8, 4) is 5.75 Å². The third-order valence-electron chi connectivity index (χ3n) is 10.1. The van der Waals surface area contributed by atoms with Gasteiger partial charge in [0.2, 0.25) is 11.8 Å². The number of fused-ring (bicyclic) bond motifs is 2. The van der Waals surface area contributed by atoms with E-state index in [1.54, 1.807) is 46.0 Å². The molecule has 0 atom stereocenters. The summed E-state index contributed by atoms with van der Waals surface area (Å²) in [5.41, 5.74) is 1.73. The Labute approximate surface area is 375 Å². The van der Waals surface area contributed by atoms with Crippen molar-refractivity contribution in [1.82, 2.24) is 49.1 Å². The lowest BCUT2D eigenvalue weighted by molar-refractivity contribution is -0.274. The van der Waals surface area contributed by atoms with Gasteiger partial charge in [0.25, 0.3) is 11.8 Å². The lowest BCUT2D eigenvalue weighted by Crippen LogP contribution is -2.48. The van der Waals surface area contributed by atoms with Gasteiger partial charge in [0.15, 0.2) is 5.75 Å². The van der Waals surface area contributed by atoms with Crippen LogP contribution in [0, 0.1) is 0 Å². The van der Waals surface area contributed by atoms with Gasteiger partial charge < -0.3 is 35.0 Å². The molecule has 63 heavy (non-hydrogen) atoms. The smallest absolute Gasteiger partial charge is 0.403 e. The van der Waals surface area contributed by atoms with E-state index in [4.69, 9.17) is 0 Å². The van der Waals surface area contributed by atoms with Crippen LogP contribution in [0.2, 0.25) is 0 Å². The first kappa shape index (κ1) is 45.1. The Kier molecular flexibility index (Phi) is 14.0. The van der Waals surface area contributed by atoms with Gasteiger partial charge in [-0.05, 0) is 94.5 Å². The molecule has 0 aliphatic carbocycles. The van der Waals surface area contributed by atoms with Gasteiger partial charge in [-0.1, -0.05) is 12.1 Å². The van der Waals surface area contributed by atoms with Crippen molar-refractivity contribution >= 4 is 88.7 Å². The van der Waals surface area contributed by atoms with E-state index in [1.165, 1.54) is 23.0 Å². The SMILES string of the molecule is CN1CCN(C(=O)Cn2cc3cc(NC(=O)c4cccc(Br)n4)c(OC(F)(F)F)cc3n2)CC1.CN1CCN(C(=O)Cn2cc3cc(NC(=O)c4cccc(Br)n4)ccc3n2)CC1. The number of rotatable bonds is 9. The van der Waals surface area contributed by atoms with Gasteiger partial charge >= 0.3 is 6.36 Å². The molecule has 2 N–H and O–H groups in total. The van der Waals surface area contributed by atoms with Crippen molar-refractivity contribution in [1.29, 1.82) is 0 Å². The normalized spacial score (nSPS) is 14.9. The lowest BCUT2D eigenvalue weighted by Gasteiger charge is -2.32. The van der Waals surface area contributed by atoms with Crippen molar-refractivity contribution in [3.05, 3.63) is 99.7 Å². The van der Waals surface area contributed by atoms with Crippen molar-refractivity contribution < 1.29 is 37.1 Å². The summed E-state index contributed by atoms with van der Waals surface area (Å²) in [5, 5.41) is 15.2. The highest BCUT2D eigenvalue weighted by Gasteiger charge is 2.33. The minimum atomic E-state index is -4.98. The van der Waals surface area contributed by atoms with Crippen LogP contribution in [0.5, 0.6) is 5.75 Å². The van der Waals surface area contributed by atoms with Gasteiger partial charge in [-0.25, -0.2) is 9.97 Å². The number of anilines is 2. The number of nitrogens with zero attached hydrogens (tertiary/aromatic N) is 10. The van der Waals surface area contributed by atoms with Crippen LogP contribution in [-0.4, -0.2) is 146 Å². The number of aromatic nitrogens is 6. The summed E-state index contributed by atoms with van der Waals surface area (Å²) in [6.45, 7) is 6.15. The third-order valence-corrected chi connectivity index (χ3v) is 11.0. The number of alkyl halides is 3. The second-order valence-electron chi connectivity index (χ2n) is 14.8. The molecule has 22 heteroatoms. The topological polar surface area (TPSA) is 176 Å². The molecular weight excluding hydrogens is 957 g/mol. The largest absolute Gasteiger partial charge is 0.573 e. The number of carbonyl (C=O) groups is 4. The van der Waals surface area contributed by atoms with E-state index < -0.39 is 18.0 Å². The molecular formula is C41H41Br2F3N12O5. The van der Waals surface area contributed by atoms with E-state index in [-0.39, 0.29) is 47.7 Å². The van der Waals surface area contributed by atoms with E-state index in [0.29, 0.717) is 39.1 Å². The summed E-state index contributed by atoms with van der Waals surface area (Å²) < 4.78 is 47.2. The highest BCUT2D eigenvalue weighted by Crippen LogP contribution is 2.34. The Morgan fingerprint density at radius 1 is 0.651 bits per heavy atom. The molecule has 6 heterocycles. The number of hydrogen-bond donors (Lipinski definition) is 2. The van der Waals surface area contributed by atoms with Crippen molar-refractivity contribution in [2.24, 2.45) is 0 Å². The molecule has 2 aliphatic rings. The van der Waals surface area contributed by atoms with Crippen molar-refractivity contribution in [2.45, 2.75) is 19.5 Å². The summed E-state index contributed by atoms with van der Waals surface area (Å²) in [6, 6.07) is 17.6. The van der Waals surface area contributed by atoms with Crippen LogP contribution < -0.4 is 15.4 Å². The first-order valence-electron chi connectivity index (χ1n) is 19.6. The van der Waals surface area contributed by atoms with Crippen LogP contribution in [0.15, 0.2) is 88.3 Å². The zero-order valence-corrected chi connectivity index (χ0v) is 37.2. The number of nitrogens with one attached hydrogen (secondary N) is 2. The summed E-state index contributed by atoms with van der Waals surface area (Å²) in [4.78, 5) is 66.2. The van der Waals surface area contributed by atoms with E-state index in [0.717, 1.165) is 56.2 Å². The number of likely N-dealkylation sites (N-methyl/N-ethyl adjacent to an activating group) is 2. The molecule has 2 aliphatic heterocycles. The second kappa shape index (κ2) is 19.6. The maximum atomic E-state index is 13.0. The summed E-state index contributed by atoms with van der Waals surface area (Å²) >= 11 is 6.41.